The highest BCUT2D eigenvalue weighted by molar-refractivity contribution is 6.30. The summed E-state index contributed by atoms with van der Waals surface area (Å²) in [5.41, 5.74) is 1.14. The average Bonchev–Trinajstić information content (AvgIpc) is 2.15. The van der Waals surface area contributed by atoms with Crippen LogP contribution >= 0.6 is 23.2 Å². The number of hydrogen-bond acceptors (Lipinski definition) is 1. The number of aldehydes is 1. The van der Waals surface area contributed by atoms with Crippen molar-refractivity contribution in [1.29, 1.82) is 0 Å². The zero-order valence-electron chi connectivity index (χ0n) is 6.68. The van der Waals surface area contributed by atoms with E-state index in [9.17, 15) is 4.79 Å². The van der Waals surface area contributed by atoms with E-state index in [4.69, 9.17) is 23.2 Å². The van der Waals surface area contributed by atoms with Crippen molar-refractivity contribution in [2.45, 2.75) is 0 Å². The molecule has 0 aliphatic carbocycles. The molecule has 1 aromatic carbocycles. The van der Waals surface area contributed by atoms with E-state index >= 15 is 0 Å². The lowest BCUT2D eigenvalue weighted by Gasteiger charge is -1.96. The Hall–Kier alpha value is -0.970. The predicted molar refractivity (Wildman–Crippen MR) is 54.4 cm³/mol. The fourth-order valence-electron chi connectivity index (χ4n) is 0.868. The lowest BCUT2D eigenvalue weighted by molar-refractivity contribution is 0.112. The molecule has 66 valence electrons. The molecule has 0 radical (unpaired) electrons. The molecule has 0 N–H and O–H groups in total. The Morgan fingerprint density at radius 2 is 2.23 bits per heavy atom. The van der Waals surface area contributed by atoms with Gasteiger partial charge in [0.2, 0.25) is 0 Å². The van der Waals surface area contributed by atoms with Gasteiger partial charge in [-0.1, -0.05) is 23.4 Å². The summed E-state index contributed by atoms with van der Waals surface area (Å²) in [4.78, 5) is 10.6. The first-order chi connectivity index (χ1) is 6.27. The molecule has 0 aliphatic rings. The molecule has 0 unspecified atom stereocenters. The van der Waals surface area contributed by atoms with Gasteiger partial charge < -0.3 is 0 Å². The van der Waals surface area contributed by atoms with Gasteiger partial charge in [-0.2, -0.15) is 0 Å². The normalized spacial score (nSPS) is 8.77. The van der Waals surface area contributed by atoms with Gasteiger partial charge in [0.15, 0.2) is 6.29 Å². The van der Waals surface area contributed by atoms with Crippen LogP contribution in [-0.4, -0.2) is 12.2 Å². The Kier molecular flexibility index (Phi) is 3.82. The van der Waals surface area contributed by atoms with Gasteiger partial charge >= 0.3 is 0 Å². The van der Waals surface area contributed by atoms with Crippen molar-refractivity contribution >= 4 is 29.5 Å². The first-order valence-electron chi connectivity index (χ1n) is 3.57. The summed E-state index contributed by atoms with van der Waals surface area (Å²) in [6, 6.07) is 4.93. The standard InChI is InChI=1S/C10H6Cl2O/c11-5-1-2-8-6-10(12)4-3-9(8)7-13/h3-4,6-7H,5H2. The Balaban J connectivity index is 3.15. The maximum absolute atomic E-state index is 10.6. The largest absolute Gasteiger partial charge is 0.298 e. The van der Waals surface area contributed by atoms with Crippen LogP contribution in [0.1, 0.15) is 15.9 Å². The number of halogens is 2. The highest BCUT2D eigenvalue weighted by Gasteiger charge is 1.98. The summed E-state index contributed by atoms with van der Waals surface area (Å²) >= 11 is 11.1. The summed E-state index contributed by atoms with van der Waals surface area (Å²) < 4.78 is 0. The first kappa shape index (κ1) is 10.1. The van der Waals surface area contributed by atoms with Crippen LogP contribution in [0, 0.1) is 11.8 Å². The topological polar surface area (TPSA) is 17.1 Å². The lowest BCUT2D eigenvalue weighted by Crippen LogP contribution is -1.86. The van der Waals surface area contributed by atoms with Crippen molar-refractivity contribution in [3.63, 3.8) is 0 Å². The van der Waals surface area contributed by atoms with Crippen LogP contribution in [0.15, 0.2) is 18.2 Å². The molecule has 0 heterocycles. The van der Waals surface area contributed by atoms with E-state index in [1.54, 1.807) is 18.2 Å². The summed E-state index contributed by atoms with van der Waals surface area (Å²) in [7, 11) is 0. The van der Waals surface area contributed by atoms with Gasteiger partial charge in [-0.05, 0) is 18.2 Å². The predicted octanol–water partition coefficient (Wildman–Crippen LogP) is 2.74. The van der Waals surface area contributed by atoms with Crippen molar-refractivity contribution in [1.82, 2.24) is 0 Å². The van der Waals surface area contributed by atoms with E-state index in [2.05, 4.69) is 11.8 Å². The maximum atomic E-state index is 10.6. The first-order valence-corrected chi connectivity index (χ1v) is 4.48. The van der Waals surface area contributed by atoms with Gasteiger partial charge in [-0.25, -0.2) is 0 Å². The molecule has 1 rings (SSSR count). The van der Waals surface area contributed by atoms with Gasteiger partial charge in [0.1, 0.15) is 0 Å². The number of hydrogen-bond donors (Lipinski definition) is 0. The van der Waals surface area contributed by atoms with Crippen LogP contribution in [0.4, 0.5) is 0 Å². The Morgan fingerprint density at radius 3 is 2.85 bits per heavy atom. The van der Waals surface area contributed by atoms with Crippen LogP contribution in [-0.2, 0) is 0 Å². The van der Waals surface area contributed by atoms with Crippen LogP contribution in [0.25, 0.3) is 0 Å². The highest BCUT2D eigenvalue weighted by Crippen LogP contribution is 2.13. The highest BCUT2D eigenvalue weighted by atomic mass is 35.5. The number of carbonyl (C=O) groups excluding carboxylic acids is 1. The van der Waals surface area contributed by atoms with E-state index in [1.165, 1.54) is 0 Å². The van der Waals surface area contributed by atoms with Crippen molar-refractivity contribution in [2.75, 3.05) is 5.88 Å². The van der Waals surface area contributed by atoms with Crippen LogP contribution in [0.3, 0.4) is 0 Å². The quantitative estimate of drug-likeness (QED) is 0.398. The summed E-state index contributed by atoms with van der Waals surface area (Å²) in [6.45, 7) is 0. The van der Waals surface area contributed by atoms with Crippen LogP contribution < -0.4 is 0 Å². The fraction of sp³-hybridized carbons (Fsp3) is 0.100. The van der Waals surface area contributed by atoms with Crippen LogP contribution in [0.5, 0.6) is 0 Å². The summed E-state index contributed by atoms with van der Waals surface area (Å²) in [5.74, 6) is 5.66. The van der Waals surface area contributed by atoms with E-state index < -0.39 is 0 Å². The molecule has 0 bridgehead atoms. The van der Waals surface area contributed by atoms with E-state index in [1.807, 2.05) is 0 Å². The smallest absolute Gasteiger partial charge is 0.151 e. The van der Waals surface area contributed by atoms with E-state index in [-0.39, 0.29) is 5.88 Å². The summed E-state index contributed by atoms with van der Waals surface area (Å²) in [5, 5.41) is 0.560. The SMILES string of the molecule is O=Cc1ccc(Cl)cc1C#CCCl. The van der Waals surface area contributed by atoms with Crippen molar-refractivity contribution in [3.05, 3.63) is 34.3 Å². The third-order valence-corrected chi connectivity index (χ3v) is 1.80. The number of benzene rings is 1. The molecule has 0 amide bonds. The fourth-order valence-corrected chi connectivity index (χ4v) is 1.11. The minimum atomic E-state index is 0.241. The van der Waals surface area contributed by atoms with Crippen molar-refractivity contribution in [3.8, 4) is 11.8 Å². The number of alkyl halides is 1. The Labute approximate surface area is 86.7 Å². The number of carbonyl (C=O) groups is 1. The molecule has 0 saturated heterocycles. The third-order valence-electron chi connectivity index (χ3n) is 1.43. The number of rotatable bonds is 1. The second-order valence-electron chi connectivity index (χ2n) is 2.28. The molecule has 0 spiro atoms. The molecule has 0 atom stereocenters. The average molecular weight is 213 g/mol. The van der Waals surface area contributed by atoms with Gasteiger partial charge in [-0.3, -0.25) is 4.79 Å². The van der Waals surface area contributed by atoms with Gasteiger partial charge in [-0.15, -0.1) is 11.6 Å². The molecular weight excluding hydrogens is 207 g/mol. The Bertz CT molecular complexity index is 374. The molecule has 3 heteroatoms. The van der Waals surface area contributed by atoms with Gasteiger partial charge in [0.05, 0.1) is 5.88 Å². The zero-order chi connectivity index (χ0) is 9.68. The van der Waals surface area contributed by atoms with Crippen molar-refractivity contribution < 1.29 is 4.79 Å². The van der Waals surface area contributed by atoms with Gasteiger partial charge in [0.25, 0.3) is 0 Å². The van der Waals surface area contributed by atoms with Gasteiger partial charge in [0, 0.05) is 16.1 Å². The minimum absolute atomic E-state index is 0.241. The summed E-state index contributed by atoms with van der Waals surface area (Å²) in [6.07, 6.45) is 0.745. The molecule has 13 heavy (non-hydrogen) atoms. The van der Waals surface area contributed by atoms with E-state index in [0.29, 0.717) is 16.1 Å². The third kappa shape index (κ3) is 2.77. The van der Waals surface area contributed by atoms with E-state index in [0.717, 1.165) is 6.29 Å². The molecule has 0 aliphatic heterocycles. The molecule has 0 saturated carbocycles. The monoisotopic (exact) mass is 212 g/mol. The molecular formula is C10H6Cl2O. The second kappa shape index (κ2) is 4.91. The molecule has 0 fully saturated rings. The van der Waals surface area contributed by atoms with Crippen LogP contribution in [0.2, 0.25) is 5.02 Å². The van der Waals surface area contributed by atoms with Crippen molar-refractivity contribution in [2.24, 2.45) is 0 Å². The molecule has 1 nitrogen and oxygen atoms in total. The second-order valence-corrected chi connectivity index (χ2v) is 2.99. The Morgan fingerprint density at radius 1 is 1.46 bits per heavy atom. The molecule has 1 aromatic rings. The zero-order valence-corrected chi connectivity index (χ0v) is 8.19. The molecule has 0 aromatic heterocycles. The lowest BCUT2D eigenvalue weighted by atomic mass is 10.1. The minimum Gasteiger partial charge on any atom is -0.298 e. The maximum Gasteiger partial charge on any atom is 0.151 e.